The molecule has 0 saturated carbocycles. The van der Waals surface area contributed by atoms with Gasteiger partial charge in [0, 0.05) is 11.1 Å². The number of hydrazine groups is 1. The molecule has 0 spiro atoms. The first-order valence-corrected chi connectivity index (χ1v) is 8.73. The molecule has 3 rings (SSSR count). The Kier molecular flexibility index (Phi) is 5.24. The van der Waals surface area contributed by atoms with Gasteiger partial charge in [0.1, 0.15) is 11.5 Å². The quantitative estimate of drug-likeness (QED) is 0.621. The molecule has 132 valence electrons. The number of nitrogens with one attached hydrogen (secondary N) is 1. The third-order valence-corrected chi connectivity index (χ3v) is 4.86. The summed E-state index contributed by atoms with van der Waals surface area (Å²) in [5, 5.41) is 10.3. The van der Waals surface area contributed by atoms with Crippen molar-refractivity contribution in [1.29, 1.82) is 0 Å². The van der Waals surface area contributed by atoms with Crippen LogP contribution in [0.5, 0.6) is 11.5 Å². The van der Waals surface area contributed by atoms with Crippen molar-refractivity contribution in [3.05, 3.63) is 64.6 Å². The largest absolute Gasteiger partial charge is 0.508 e. The van der Waals surface area contributed by atoms with Crippen molar-refractivity contribution in [1.82, 2.24) is 10.4 Å². The predicted octanol–water partition coefficient (Wildman–Crippen LogP) is 2.95. The molecule has 2 N–H and O–H groups in total. The molecule has 26 heavy (non-hydrogen) atoms. The van der Waals surface area contributed by atoms with E-state index in [9.17, 15) is 14.7 Å². The number of amides is 2. The Bertz CT molecular complexity index is 910. The third-order valence-electron chi connectivity index (χ3n) is 3.56. The summed E-state index contributed by atoms with van der Waals surface area (Å²) in [6.07, 6.45) is 1.67. The molecule has 1 fully saturated rings. The van der Waals surface area contributed by atoms with Crippen LogP contribution in [-0.4, -0.2) is 33.4 Å². The molecule has 0 unspecified atom stereocenters. The fourth-order valence-corrected chi connectivity index (χ4v) is 3.44. The van der Waals surface area contributed by atoms with Crippen molar-refractivity contribution in [3.8, 4) is 11.5 Å². The van der Waals surface area contributed by atoms with E-state index in [1.54, 1.807) is 19.3 Å². The number of phenolic OH excluding ortho intramolecular Hbond substituents is 1. The summed E-state index contributed by atoms with van der Waals surface area (Å²) in [6.45, 7) is 0. The number of hydrogen-bond donors (Lipinski definition) is 2. The molecule has 1 heterocycles. The molecule has 0 bridgehead atoms. The minimum Gasteiger partial charge on any atom is -0.508 e. The minimum atomic E-state index is -0.500. The SMILES string of the molecule is COc1ccccc1/C=C1/SC(=S)N(NC(=O)c2ccc(O)cc2)C1=O. The lowest BCUT2D eigenvalue weighted by atomic mass is 10.2. The molecule has 8 heteroatoms. The fourth-order valence-electron chi connectivity index (χ4n) is 2.27. The maximum atomic E-state index is 12.6. The van der Waals surface area contributed by atoms with Crippen LogP contribution < -0.4 is 10.2 Å². The molecule has 2 aromatic carbocycles. The number of methoxy groups -OCH3 is 1. The van der Waals surface area contributed by atoms with Gasteiger partial charge in [0.2, 0.25) is 0 Å². The smallest absolute Gasteiger partial charge is 0.285 e. The molecule has 2 aromatic rings. The average molecular weight is 386 g/mol. The van der Waals surface area contributed by atoms with Crippen LogP contribution in [-0.2, 0) is 4.79 Å². The maximum Gasteiger partial charge on any atom is 0.285 e. The van der Waals surface area contributed by atoms with Gasteiger partial charge in [-0.15, -0.1) is 0 Å². The summed E-state index contributed by atoms with van der Waals surface area (Å²) in [5.74, 6) is -0.240. The summed E-state index contributed by atoms with van der Waals surface area (Å²) in [5.41, 5.74) is 3.52. The van der Waals surface area contributed by atoms with Crippen molar-refractivity contribution in [2.75, 3.05) is 7.11 Å². The number of carbonyl (C=O) groups excluding carboxylic acids is 2. The highest BCUT2D eigenvalue weighted by molar-refractivity contribution is 8.26. The molecule has 0 radical (unpaired) electrons. The third kappa shape index (κ3) is 3.71. The number of nitrogens with zero attached hydrogens (tertiary/aromatic N) is 1. The molecular weight excluding hydrogens is 372 g/mol. The van der Waals surface area contributed by atoms with E-state index < -0.39 is 11.8 Å². The standard InChI is InChI=1S/C18H14N2O4S2/c1-24-14-5-3-2-4-12(14)10-15-17(23)20(18(25)26-15)19-16(22)11-6-8-13(21)9-7-11/h2-10,21H,1H3,(H,19,22)/b15-10+. The lowest BCUT2D eigenvalue weighted by molar-refractivity contribution is -0.123. The Hall–Kier alpha value is -2.84. The van der Waals surface area contributed by atoms with Crippen LogP contribution in [0.3, 0.4) is 0 Å². The van der Waals surface area contributed by atoms with E-state index in [0.717, 1.165) is 22.3 Å². The van der Waals surface area contributed by atoms with Gasteiger partial charge in [-0.05, 0) is 48.6 Å². The lowest BCUT2D eigenvalue weighted by Crippen LogP contribution is -2.44. The molecule has 0 atom stereocenters. The number of benzene rings is 2. The number of hydrogen-bond acceptors (Lipinski definition) is 6. The minimum absolute atomic E-state index is 0.0481. The van der Waals surface area contributed by atoms with Crippen LogP contribution >= 0.6 is 24.0 Å². The normalized spacial score (nSPS) is 15.4. The Balaban J connectivity index is 1.79. The van der Waals surface area contributed by atoms with Crippen LogP contribution in [0, 0.1) is 0 Å². The second-order valence-corrected chi connectivity index (χ2v) is 6.92. The van der Waals surface area contributed by atoms with Crippen molar-refractivity contribution in [3.63, 3.8) is 0 Å². The number of rotatable bonds is 4. The van der Waals surface area contributed by atoms with E-state index in [1.165, 1.54) is 24.3 Å². The van der Waals surface area contributed by atoms with Crippen molar-refractivity contribution < 1.29 is 19.4 Å². The molecule has 1 aliphatic rings. The topological polar surface area (TPSA) is 78.9 Å². The van der Waals surface area contributed by atoms with E-state index in [1.807, 2.05) is 18.2 Å². The van der Waals surface area contributed by atoms with E-state index in [-0.39, 0.29) is 10.1 Å². The first kappa shape index (κ1) is 18.0. The van der Waals surface area contributed by atoms with Gasteiger partial charge in [0.15, 0.2) is 4.32 Å². The van der Waals surface area contributed by atoms with Crippen LogP contribution in [0.15, 0.2) is 53.4 Å². The average Bonchev–Trinajstić information content (AvgIpc) is 2.90. The summed E-state index contributed by atoms with van der Waals surface area (Å²) in [4.78, 5) is 25.2. The highest BCUT2D eigenvalue weighted by Gasteiger charge is 2.34. The van der Waals surface area contributed by atoms with Crippen LogP contribution in [0.4, 0.5) is 0 Å². The van der Waals surface area contributed by atoms with Crippen molar-refractivity contribution in [2.24, 2.45) is 0 Å². The fraction of sp³-hybridized carbons (Fsp3) is 0.0556. The first-order valence-electron chi connectivity index (χ1n) is 7.50. The Labute approximate surface area is 159 Å². The second-order valence-electron chi connectivity index (χ2n) is 5.25. The van der Waals surface area contributed by atoms with Gasteiger partial charge in [-0.2, -0.15) is 5.01 Å². The summed E-state index contributed by atoms with van der Waals surface area (Å²) in [6, 6.07) is 13.0. The van der Waals surface area contributed by atoms with Gasteiger partial charge >= 0.3 is 0 Å². The van der Waals surface area contributed by atoms with Crippen LogP contribution in [0.1, 0.15) is 15.9 Å². The maximum absolute atomic E-state index is 12.6. The summed E-state index contributed by atoms with van der Waals surface area (Å²) >= 11 is 6.30. The van der Waals surface area contributed by atoms with E-state index in [0.29, 0.717) is 16.2 Å². The second kappa shape index (κ2) is 7.59. The Morgan fingerprint density at radius 2 is 1.92 bits per heavy atom. The molecule has 6 nitrogen and oxygen atoms in total. The number of thioether (sulfide) groups is 1. The molecule has 1 aliphatic heterocycles. The lowest BCUT2D eigenvalue weighted by Gasteiger charge is -2.15. The van der Waals surface area contributed by atoms with Crippen LogP contribution in [0.25, 0.3) is 6.08 Å². The molecule has 1 saturated heterocycles. The molecule has 0 aliphatic carbocycles. The van der Waals surface area contributed by atoms with Crippen molar-refractivity contribution in [2.45, 2.75) is 0 Å². The Morgan fingerprint density at radius 1 is 1.23 bits per heavy atom. The number of para-hydroxylation sites is 1. The van der Waals surface area contributed by atoms with Crippen LogP contribution in [0.2, 0.25) is 0 Å². The molecule has 2 amide bonds. The number of thiocarbonyl (C=S) groups is 1. The van der Waals surface area contributed by atoms with E-state index in [4.69, 9.17) is 17.0 Å². The molecular formula is C18H14N2O4S2. The zero-order valence-corrected chi connectivity index (χ0v) is 15.3. The number of phenols is 1. The monoisotopic (exact) mass is 386 g/mol. The number of ether oxygens (including phenoxy) is 1. The zero-order valence-electron chi connectivity index (χ0n) is 13.6. The van der Waals surface area contributed by atoms with Gasteiger partial charge in [0.05, 0.1) is 12.0 Å². The predicted molar refractivity (Wildman–Crippen MR) is 104 cm³/mol. The number of aromatic hydroxyl groups is 1. The highest BCUT2D eigenvalue weighted by Crippen LogP contribution is 2.33. The van der Waals surface area contributed by atoms with Gasteiger partial charge in [-0.3, -0.25) is 15.0 Å². The van der Waals surface area contributed by atoms with Gasteiger partial charge < -0.3 is 9.84 Å². The van der Waals surface area contributed by atoms with Gasteiger partial charge in [0.25, 0.3) is 11.8 Å². The van der Waals surface area contributed by atoms with E-state index >= 15 is 0 Å². The van der Waals surface area contributed by atoms with E-state index in [2.05, 4.69) is 5.43 Å². The van der Waals surface area contributed by atoms with Gasteiger partial charge in [-0.25, -0.2) is 0 Å². The zero-order chi connectivity index (χ0) is 18.7. The van der Waals surface area contributed by atoms with Gasteiger partial charge in [-0.1, -0.05) is 30.0 Å². The van der Waals surface area contributed by atoms with Crippen molar-refractivity contribution >= 4 is 46.2 Å². The molecule has 0 aromatic heterocycles. The first-order chi connectivity index (χ1) is 12.5. The Morgan fingerprint density at radius 3 is 2.62 bits per heavy atom. The number of carbonyl (C=O) groups is 2. The summed E-state index contributed by atoms with van der Waals surface area (Å²) < 4.78 is 5.50. The highest BCUT2D eigenvalue weighted by atomic mass is 32.2. The summed E-state index contributed by atoms with van der Waals surface area (Å²) in [7, 11) is 1.55.